The van der Waals surface area contributed by atoms with Gasteiger partial charge in [0.1, 0.15) is 5.54 Å². The minimum absolute atomic E-state index is 0.0240. The fourth-order valence-corrected chi connectivity index (χ4v) is 5.81. The van der Waals surface area contributed by atoms with E-state index in [4.69, 9.17) is 22.3 Å². The van der Waals surface area contributed by atoms with Crippen LogP contribution < -0.4 is 11.1 Å². The number of nitrogens with two attached hydrogens (primary N) is 1. The number of aliphatic hydroxyl groups excluding tert-OH is 1. The molecule has 2 aliphatic rings. The number of nitrogens with zero attached hydrogens (tertiary/aromatic N) is 4. The molecule has 1 aromatic heterocycles. The highest BCUT2D eigenvalue weighted by atomic mass is 35.5. The Balaban J connectivity index is 1.38. The van der Waals surface area contributed by atoms with Crippen molar-refractivity contribution in [1.29, 1.82) is 0 Å². The highest BCUT2D eigenvalue weighted by molar-refractivity contribution is 6.30. The summed E-state index contributed by atoms with van der Waals surface area (Å²) in [6.45, 7) is 5.81. The van der Waals surface area contributed by atoms with Crippen LogP contribution >= 0.6 is 11.6 Å². The first-order valence-corrected chi connectivity index (χ1v) is 14.2. The van der Waals surface area contributed by atoms with E-state index in [1.165, 1.54) is 0 Å². The molecule has 4 N–H and O–H groups in total. The van der Waals surface area contributed by atoms with Crippen molar-refractivity contribution in [2.45, 2.75) is 25.4 Å². The SMILES string of the molecule is CC(NC(=O)CN1CCc2nc3ccccc3c(C(=O)N3CCN(CCO)CC3)c2C1)(C(N)=O)c1ccc(Cl)cc1. The van der Waals surface area contributed by atoms with Gasteiger partial charge in [0.05, 0.1) is 24.2 Å². The quantitative estimate of drug-likeness (QED) is 0.369. The molecule has 2 aliphatic heterocycles. The third kappa shape index (κ3) is 6.06. The van der Waals surface area contributed by atoms with Gasteiger partial charge in [-0.2, -0.15) is 0 Å². The van der Waals surface area contributed by atoms with Crippen LogP contribution in [0.25, 0.3) is 10.9 Å². The number of primary amides is 1. The molecule has 216 valence electrons. The van der Waals surface area contributed by atoms with Crippen LogP contribution in [0.15, 0.2) is 48.5 Å². The van der Waals surface area contributed by atoms with Gasteiger partial charge >= 0.3 is 0 Å². The molecule has 1 atom stereocenters. The standard InChI is InChI=1S/C30H35ClN6O4/c1-30(29(32)41,20-6-8-21(31)9-7-20)34-26(39)19-36-11-10-25-23(18-36)27(22-4-2-3-5-24(22)33-25)28(40)37-14-12-35(13-15-37)16-17-38/h2-9,38H,10-19H2,1H3,(H2,32,41)(H,34,39). The van der Waals surface area contributed by atoms with Crippen LogP contribution in [0.2, 0.25) is 5.02 Å². The Bertz CT molecular complexity index is 1460. The zero-order chi connectivity index (χ0) is 29.1. The zero-order valence-electron chi connectivity index (χ0n) is 23.1. The van der Waals surface area contributed by atoms with E-state index in [1.54, 1.807) is 31.2 Å². The summed E-state index contributed by atoms with van der Waals surface area (Å²) in [6.07, 6.45) is 0.586. The topological polar surface area (TPSA) is 132 Å². The normalized spacial score (nSPS) is 17.6. The maximum absolute atomic E-state index is 14.0. The van der Waals surface area contributed by atoms with E-state index in [1.807, 2.05) is 34.1 Å². The largest absolute Gasteiger partial charge is 0.395 e. The first-order chi connectivity index (χ1) is 19.7. The van der Waals surface area contributed by atoms with E-state index in [0.29, 0.717) is 68.4 Å². The minimum Gasteiger partial charge on any atom is -0.395 e. The third-order valence-corrected chi connectivity index (χ3v) is 8.34. The van der Waals surface area contributed by atoms with E-state index < -0.39 is 11.4 Å². The molecule has 0 aliphatic carbocycles. The second-order valence-corrected chi connectivity index (χ2v) is 11.2. The van der Waals surface area contributed by atoms with Crippen LogP contribution in [-0.4, -0.2) is 94.9 Å². The molecule has 11 heteroatoms. The monoisotopic (exact) mass is 578 g/mol. The highest BCUT2D eigenvalue weighted by Crippen LogP contribution is 2.30. The van der Waals surface area contributed by atoms with Crippen molar-refractivity contribution in [1.82, 2.24) is 25.0 Å². The average Bonchev–Trinajstić information content (AvgIpc) is 2.96. The maximum Gasteiger partial charge on any atom is 0.255 e. The summed E-state index contributed by atoms with van der Waals surface area (Å²) in [5.41, 5.74) is 7.96. The highest BCUT2D eigenvalue weighted by Gasteiger charge is 2.36. The number of amides is 3. The minimum atomic E-state index is -1.41. The van der Waals surface area contributed by atoms with Crippen molar-refractivity contribution < 1.29 is 19.5 Å². The van der Waals surface area contributed by atoms with Crippen LogP contribution in [0.5, 0.6) is 0 Å². The second kappa shape index (κ2) is 12.1. The number of halogens is 1. The molecule has 10 nitrogen and oxygen atoms in total. The third-order valence-electron chi connectivity index (χ3n) is 8.09. The molecule has 0 saturated carbocycles. The van der Waals surface area contributed by atoms with Gasteiger partial charge in [0.25, 0.3) is 5.91 Å². The number of carbonyl (C=O) groups excluding carboxylic acids is 3. The van der Waals surface area contributed by atoms with Gasteiger partial charge in [0.2, 0.25) is 11.8 Å². The number of aliphatic hydroxyl groups is 1. The van der Waals surface area contributed by atoms with Crippen LogP contribution in [0.1, 0.15) is 34.1 Å². The summed E-state index contributed by atoms with van der Waals surface area (Å²) in [5, 5.41) is 13.4. The number of hydrogen-bond acceptors (Lipinski definition) is 7. The van der Waals surface area contributed by atoms with Gasteiger partial charge in [-0.1, -0.05) is 41.9 Å². The summed E-state index contributed by atoms with van der Waals surface area (Å²) in [4.78, 5) is 50.5. The van der Waals surface area contributed by atoms with Crippen molar-refractivity contribution in [2.24, 2.45) is 5.73 Å². The van der Waals surface area contributed by atoms with Gasteiger partial charge in [0.15, 0.2) is 0 Å². The number of piperazine rings is 1. The smallest absolute Gasteiger partial charge is 0.255 e. The summed E-state index contributed by atoms with van der Waals surface area (Å²) < 4.78 is 0. The predicted molar refractivity (Wildman–Crippen MR) is 156 cm³/mol. The lowest BCUT2D eigenvalue weighted by Gasteiger charge is -2.36. The van der Waals surface area contributed by atoms with Gasteiger partial charge in [-0.3, -0.25) is 29.2 Å². The van der Waals surface area contributed by atoms with Crippen LogP contribution in [-0.2, 0) is 28.1 Å². The Labute approximate surface area is 244 Å². The van der Waals surface area contributed by atoms with Gasteiger partial charge < -0.3 is 21.1 Å². The van der Waals surface area contributed by atoms with Crippen molar-refractivity contribution >= 4 is 40.2 Å². The fourth-order valence-electron chi connectivity index (χ4n) is 5.68. The number of carbonyl (C=O) groups is 3. The first kappa shape index (κ1) is 28.9. The number of benzene rings is 2. The number of β-amino-alcohol motifs (C(OH)–C–C–N with tert-alkyl or cyclic N) is 1. The molecule has 1 saturated heterocycles. The van der Waals surface area contributed by atoms with E-state index in [2.05, 4.69) is 10.2 Å². The molecule has 0 bridgehead atoms. The van der Waals surface area contributed by atoms with E-state index >= 15 is 0 Å². The lowest BCUT2D eigenvalue weighted by atomic mass is 9.91. The molecule has 0 spiro atoms. The molecular formula is C30H35ClN6O4. The predicted octanol–water partition coefficient (Wildman–Crippen LogP) is 1.51. The number of rotatable bonds is 8. The van der Waals surface area contributed by atoms with Crippen molar-refractivity contribution in [3.8, 4) is 0 Å². The molecule has 2 aromatic carbocycles. The molecule has 0 radical (unpaired) electrons. The van der Waals surface area contributed by atoms with Crippen LogP contribution in [0, 0.1) is 0 Å². The Morgan fingerprint density at radius 1 is 1.02 bits per heavy atom. The summed E-state index contributed by atoms with van der Waals surface area (Å²) in [7, 11) is 0. The molecule has 3 amide bonds. The average molecular weight is 579 g/mol. The molecule has 41 heavy (non-hydrogen) atoms. The Kier molecular flexibility index (Phi) is 8.55. The molecule has 1 fully saturated rings. The van der Waals surface area contributed by atoms with Gasteiger partial charge in [-0.15, -0.1) is 0 Å². The fraction of sp³-hybridized carbons (Fsp3) is 0.400. The maximum atomic E-state index is 14.0. The Morgan fingerprint density at radius 3 is 2.41 bits per heavy atom. The number of nitrogens with one attached hydrogen (secondary N) is 1. The lowest BCUT2D eigenvalue weighted by molar-refractivity contribution is -0.132. The summed E-state index contributed by atoms with van der Waals surface area (Å²) in [5.74, 6) is -1.08. The van der Waals surface area contributed by atoms with E-state index in [-0.39, 0.29) is 25.0 Å². The number of pyridine rings is 1. The molecular weight excluding hydrogens is 544 g/mol. The van der Waals surface area contributed by atoms with Crippen molar-refractivity contribution in [2.75, 3.05) is 52.4 Å². The van der Waals surface area contributed by atoms with E-state index in [0.717, 1.165) is 22.2 Å². The zero-order valence-corrected chi connectivity index (χ0v) is 23.9. The summed E-state index contributed by atoms with van der Waals surface area (Å²) >= 11 is 6.00. The number of para-hydroxylation sites is 1. The van der Waals surface area contributed by atoms with Crippen molar-refractivity contribution in [3.63, 3.8) is 0 Å². The van der Waals surface area contributed by atoms with Gasteiger partial charge in [-0.05, 0) is 30.7 Å². The van der Waals surface area contributed by atoms with Gasteiger partial charge in [-0.25, -0.2) is 0 Å². The molecule has 3 heterocycles. The first-order valence-electron chi connectivity index (χ1n) is 13.8. The molecule has 5 rings (SSSR count). The summed E-state index contributed by atoms with van der Waals surface area (Å²) in [6, 6.07) is 14.3. The van der Waals surface area contributed by atoms with Crippen molar-refractivity contribution in [3.05, 3.63) is 75.9 Å². The number of fused-ring (bicyclic) bond motifs is 2. The number of hydrogen-bond donors (Lipinski definition) is 3. The molecule has 3 aromatic rings. The van der Waals surface area contributed by atoms with Gasteiger partial charge in [0, 0.05) is 73.9 Å². The second-order valence-electron chi connectivity index (χ2n) is 10.8. The molecule has 1 unspecified atom stereocenters. The Morgan fingerprint density at radius 2 is 1.73 bits per heavy atom. The van der Waals surface area contributed by atoms with E-state index in [9.17, 15) is 19.5 Å². The van der Waals surface area contributed by atoms with Crippen LogP contribution in [0.3, 0.4) is 0 Å². The van der Waals surface area contributed by atoms with Crippen LogP contribution in [0.4, 0.5) is 0 Å². The lowest BCUT2D eigenvalue weighted by Crippen LogP contribution is -2.55. The Hall–Kier alpha value is -3.57. The number of aromatic nitrogens is 1.